The van der Waals surface area contributed by atoms with Crippen LogP contribution in [-0.2, 0) is 4.79 Å². The van der Waals surface area contributed by atoms with E-state index < -0.39 is 6.04 Å². The number of nitriles is 1. The summed E-state index contributed by atoms with van der Waals surface area (Å²) in [5.41, 5.74) is 1.06. The summed E-state index contributed by atoms with van der Waals surface area (Å²) in [6.07, 6.45) is 2.11. The van der Waals surface area contributed by atoms with Crippen LogP contribution >= 0.6 is 11.6 Å². The quantitative estimate of drug-likeness (QED) is 0.876. The summed E-state index contributed by atoms with van der Waals surface area (Å²) in [5, 5.41) is 15.4. The molecule has 0 spiro atoms. The Hall–Kier alpha value is -1.73. The first-order valence-electron chi connectivity index (χ1n) is 5.86. The van der Waals surface area contributed by atoms with Gasteiger partial charge in [-0.1, -0.05) is 11.6 Å². The van der Waals surface area contributed by atoms with Gasteiger partial charge in [-0.2, -0.15) is 5.26 Å². The molecule has 0 aliphatic heterocycles. The van der Waals surface area contributed by atoms with E-state index in [1.165, 1.54) is 0 Å². The lowest BCUT2D eigenvalue weighted by atomic mass is 10.1. The highest BCUT2D eigenvalue weighted by atomic mass is 35.5. The van der Waals surface area contributed by atoms with Gasteiger partial charge in [-0.15, -0.1) is 0 Å². The van der Waals surface area contributed by atoms with Gasteiger partial charge in [-0.3, -0.25) is 4.79 Å². The summed E-state index contributed by atoms with van der Waals surface area (Å²) in [4.78, 5) is 11.8. The van der Waals surface area contributed by atoms with Crippen LogP contribution in [0.1, 0.15) is 25.3 Å². The van der Waals surface area contributed by atoms with Gasteiger partial charge in [-0.05, 0) is 38.0 Å². The lowest BCUT2D eigenvalue weighted by molar-refractivity contribution is -0.121. The van der Waals surface area contributed by atoms with E-state index in [0.29, 0.717) is 22.3 Å². The molecule has 0 bridgehead atoms. The molecule has 4 nitrogen and oxygen atoms in total. The van der Waals surface area contributed by atoms with Crippen molar-refractivity contribution in [3.63, 3.8) is 0 Å². The van der Waals surface area contributed by atoms with Crippen LogP contribution in [0.3, 0.4) is 0 Å². The summed E-state index contributed by atoms with van der Waals surface area (Å²) >= 11 is 5.88. The molecule has 0 aromatic heterocycles. The van der Waals surface area contributed by atoms with Crippen LogP contribution in [0.5, 0.6) is 0 Å². The predicted octanol–water partition coefficient (Wildman–Crippen LogP) is 2.29. The molecule has 1 fully saturated rings. The largest absolute Gasteiger partial charge is 0.373 e. The molecule has 0 saturated heterocycles. The van der Waals surface area contributed by atoms with Gasteiger partial charge in [0.15, 0.2) is 0 Å². The van der Waals surface area contributed by atoms with E-state index >= 15 is 0 Å². The molecular weight excluding hydrogens is 250 g/mol. The third-order valence-corrected chi connectivity index (χ3v) is 3.03. The molecule has 0 heterocycles. The Morgan fingerprint density at radius 2 is 2.28 bits per heavy atom. The van der Waals surface area contributed by atoms with E-state index in [0.717, 1.165) is 12.8 Å². The maximum atomic E-state index is 11.8. The number of nitrogens with one attached hydrogen (secondary N) is 2. The number of carbonyl (C=O) groups is 1. The number of rotatable bonds is 4. The van der Waals surface area contributed by atoms with Crippen molar-refractivity contribution in [3.05, 3.63) is 28.8 Å². The first-order chi connectivity index (χ1) is 8.60. The monoisotopic (exact) mass is 263 g/mol. The van der Waals surface area contributed by atoms with Crippen LogP contribution in [-0.4, -0.2) is 18.0 Å². The number of halogens is 1. The molecule has 94 valence electrons. The van der Waals surface area contributed by atoms with E-state index in [1.807, 2.05) is 0 Å². The SMILES string of the molecule is CC(Nc1cc(Cl)ccc1C#N)C(=O)NC1CC1. The smallest absolute Gasteiger partial charge is 0.242 e. The summed E-state index contributed by atoms with van der Waals surface area (Å²) in [7, 11) is 0. The summed E-state index contributed by atoms with van der Waals surface area (Å²) in [5.74, 6) is -0.0543. The van der Waals surface area contributed by atoms with Gasteiger partial charge in [0, 0.05) is 11.1 Å². The Morgan fingerprint density at radius 3 is 2.89 bits per heavy atom. The standard InChI is InChI=1S/C13H14ClN3O/c1-8(13(18)17-11-4-5-11)16-12-6-10(14)3-2-9(12)7-15/h2-3,6,8,11,16H,4-5H2,1H3,(H,17,18). The van der Waals surface area contributed by atoms with Gasteiger partial charge in [-0.25, -0.2) is 0 Å². The van der Waals surface area contributed by atoms with Crippen molar-refractivity contribution in [2.75, 3.05) is 5.32 Å². The Balaban J connectivity index is 2.05. The average Bonchev–Trinajstić information content (AvgIpc) is 3.13. The maximum absolute atomic E-state index is 11.8. The molecule has 1 unspecified atom stereocenters. The van der Waals surface area contributed by atoms with Gasteiger partial charge in [0.2, 0.25) is 5.91 Å². The summed E-state index contributed by atoms with van der Waals surface area (Å²) in [6, 6.07) is 6.95. The molecule has 0 radical (unpaired) electrons. The second-order valence-corrected chi connectivity index (χ2v) is 4.89. The van der Waals surface area contributed by atoms with Crippen molar-refractivity contribution in [1.29, 1.82) is 5.26 Å². The normalized spacial score (nSPS) is 15.6. The number of amides is 1. The molecule has 1 atom stereocenters. The van der Waals surface area contributed by atoms with Crippen molar-refractivity contribution in [1.82, 2.24) is 5.32 Å². The van der Waals surface area contributed by atoms with Gasteiger partial charge < -0.3 is 10.6 Å². The van der Waals surface area contributed by atoms with Gasteiger partial charge >= 0.3 is 0 Å². The van der Waals surface area contributed by atoms with Crippen LogP contribution < -0.4 is 10.6 Å². The van der Waals surface area contributed by atoms with Gasteiger partial charge in [0.05, 0.1) is 11.3 Å². The highest BCUT2D eigenvalue weighted by Gasteiger charge is 2.25. The zero-order valence-electron chi connectivity index (χ0n) is 10.0. The zero-order chi connectivity index (χ0) is 13.1. The fraction of sp³-hybridized carbons (Fsp3) is 0.385. The number of hydrogen-bond acceptors (Lipinski definition) is 3. The minimum absolute atomic E-state index is 0.0543. The van der Waals surface area contributed by atoms with Crippen molar-refractivity contribution in [2.45, 2.75) is 31.8 Å². The molecule has 2 rings (SSSR count). The highest BCUT2D eigenvalue weighted by Crippen LogP contribution is 2.22. The number of hydrogen-bond donors (Lipinski definition) is 2. The van der Waals surface area contributed by atoms with E-state index in [-0.39, 0.29) is 5.91 Å². The molecule has 1 aliphatic rings. The maximum Gasteiger partial charge on any atom is 0.242 e. The molecule has 1 aliphatic carbocycles. The van der Waals surface area contributed by atoms with Crippen molar-refractivity contribution < 1.29 is 4.79 Å². The Kier molecular flexibility index (Phi) is 3.73. The van der Waals surface area contributed by atoms with Crippen molar-refractivity contribution >= 4 is 23.2 Å². The van der Waals surface area contributed by atoms with Crippen LogP contribution in [0.2, 0.25) is 5.02 Å². The predicted molar refractivity (Wildman–Crippen MR) is 70.4 cm³/mol. The lowest BCUT2D eigenvalue weighted by Gasteiger charge is -2.16. The minimum Gasteiger partial charge on any atom is -0.373 e. The summed E-state index contributed by atoms with van der Waals surface area (Å²) in [6.45, 7) is 1.76. The lowest BCUT2D eigenvalue weighted by Crippen LogP contribution is -2.38. The highest BCUT2D eigenvalue weighted by molar-refractivity contribution is 6.30. The number of carbonyl (C=O) groups excluding carboxylic acids is 1. The second kappa shape index (κ2) is 5.28. The van der Waals surface area contributed by atoms with E-state index in [9.17, 15) is 4.79 Å². The van der Waals surface area contributed by atoms with Crippen LogP contribution in [0.4, 0.5) is 5.69 Å². The van der Waals surface area contributed by atoms with Gasteiger partial charge in [0.1, 0.15) is 12.1 Å². The van der Waals surface area contributed by atoms with Crippen LogP contribution in [0.25, 0.3) is 0 Å². The van der Waals surface area contributed by atoms with E-state index in [1.54, 1.807) is 25.1 Å². The van der Waals surface area contributed by atoms with Crippen LogP contribution in [0, 0.1) is 11.3 Å². The minimum atomic E-state index is -0.392. The number of anilines is 1. The number of benzene rings is 1. The summed E-state index contributed by atoms with van der Waals surface area (Å²) < 4.78 is 0. The van der Waals surface area contributed by atoms with E-state index in [4.69, 9.17) is 16.9 Å². The molecule has 1 aromatic carbocycles. The molecule has 2 N–H and O–H groups in total. The molecule has 18 heavy (non-hydrogen) atoms. The first kappa shape index (κ1) is 12.7. The first-order valence-corrected chi connectivity index (χ1v) is 6.24. The molecule has 1 aromatic rings. The molecular formula is C13H14ClN3O. The third kappa shape index (κ3) is 3.14. The number of nitrogens with zero attached hydrogens (tertiary/aromatic N) is 1. The second-order valence-electron chi connectivity index (χ2n) is 4.45. The van der Waals surface area contributed by atoms with Crippen LogP contribution in [0.15, 0.2) is 18.2 Å². The van der Waals surface area contributed by atoms with E-state index in [2.05, 4.69) is 16.7 Å². The third-order valence-electron chi connectivity index (χ3n) is 2.79. The Labute approximate surface area is 111 Å². The molecule has 1 amide bonds. The van der Waals surface area contributed by atoms with Gasteiger partial charge in [0.25, 0.3) is 0 Å². The molecule has 5 heteroatoms. The fourth-order valence-electron chi connectivity index (χ4n) is 1.59. The average molecular weight is 264 g/mol. The Bertz CT molecular complexity index is 505. The molecule has 1 saturated carbocycles. The fourth-order valence-corrected chi connectivity index (χ4v) is 1.76. The zero-order valence-corrected chi connectivity index (χ0v) is 10.8. The Morgan fingerprint density at radius 1 is 1.56 bits per heavy atom. The topological polar surface area (TPSA) is 64.9 Å². The van der Waals surface area contributed by atoms with Crippen molar-refractivity contribution in [3.8, 4) is 6.07 Å². The van der Waals surface area contributed by atoms with Crippen molar-refractivity contribution in [2.24, 2.45) is 0 Å².